The van der Waals surface area contributed by atoms with Gasteiger partial charge in [-0.1, -0.05) is 32.0 Å². The number of hydrogen-bond donors (Lipinski definition) is 2. The van der Waals surface area contributed by atoms with Gasteiger partial charge >= 0.3 is 0 Å². The molecule has 0 radical (unpaired) electrons. The Balaban J connectivity index is 1.97. The lowest BCUT2D eigenvalue weighted by Gasteiger charge is -2.09. The van der Waals surface area contributed by atoms with Crippen LogP contribution >= 0.6 is 0 Å². The number of nitrogens with zero attached hydrogens (tertiary/aromatic N) is 2. The molecule has 3 aromatic rings. The molecule has 3 rings (SSSR count). The third-order valence-corrected chi connectivity index (χ3v) is 4.17. The molecule has 2 aromatic carbocycles. The number of hydrazine groups is 1. The predicted octanol–water partition coefficient (Wildman–Crippen LogP) is 2.96. The summed E-state index contributed by atoms with van der Waals surface area (Å²) in [5.74, 6) is -0.244. The lowest BCUT2D eigenvalue weighted by atomic mass is 10.1. The second-order valence-electron chi connectivity index (χ2n) is 6.50. The van der Waals surface area contributed by atoms with Gasteiger partial charge in [-0.25, -0.2) is 4.68 Å². The van der Waals surface area contributed by atoms with E-state index in [1.165, 1.54) is 0 Å². The fourth-order valence-corrected chi connectivity index (χ4v) is 2.55. The number of methoxy groups -OCH3 is 1. The second kappa shape index (κ2) is 8.39. The molecule has 0 saturated heterocycles. The van der Waals surface area contributed by atoms with Crippen LogP contribution in [0.4, 0.5) is 0 Å². The Kier molecular flexibility index (Phi) is 5.74. The van der Waals surface area contributed by atoms with Gasteiger partial charge in [0.25, 0.3) is 5.91 Å². The van der Waals surface area contributed by atoms with Gasteiger partial charge in [0.15, 0.2) is 0 Å². The number of para-hydroxylation sites is 1. The van der Waals surface area contributed by atoms with Crippen LogP contribution in [0, 0.1) is 5.92 Å². The Morgan fingerprint density at radius 2 is 1.68 bits per heavy atom. The molecule has 0 saturated carbocycles. The SMILES string of the molecule is COc1ccc(-c2nn(-c3ccccc3)cc2C(=O)NNC(=O)C(C)C)cc1. The highest BCUT2D eigenvalue weighted by Gasteiger charge is 2.19. The van der Waals surface area contributed by atoms with Crippen LogP contribution in [-0.4, -0.2) is 28.7 Å². The number of hydrogen-bond acceptors (Lipinski definition) is 4. The average molecular weight is 378 g/mol. The third-order valence-electron chi connectivity index (χ3n) is 4.17. The normalized spacial score (nSPS) is 10.6. The largest absolute Gasteiger partial charge is 0.497 e. The summed E-state index contributed by atoms with van der Waals surface area (Å²) in [6.07, 6.45) is 1.64. The molecule has 7 heteroatoms. The van der Waals surface area contributed by atoms with Gasteiger partial charge in [0.2, 0.25) is 5.91 Å². The Bertz CT molecular complexity index is 963. The first-order chi connectivity index (χ1) is 13.5. The summed E-state index contributed by atoms with van der Waals surface area (Å²) in [6, 6.07) is 16.8. The van der Waals surface area contributed by atoms with Gasteiger partial charge in [0, 0.05) is 17.7 Å². The van der Waals surface area contributed by atoms with Crippen LogP contribution in [0.5, 0.6) is 5.75 Å². The number of rotatable bonds is 5. The summed E-state index contributed by atoms with van der Waals surface area (Å²) in [7, 11) is 1.59. The van der Waals surface area contributed by atoms with E-state index in [1.807, 2.05) is 42.5 Å². The number of benzene rings is 2. The van der Waals surface area contributed by atoms with Gasteiger partial charge in [-0.2, -0.15) is 5.10 Å². The lowest BCUT2D eigenvalue weighted by Crippen LogP contribution is -2.43. The van der Waals surface area contributed by atoms with Gasteiger partial charge in [0.05, 0.1) is 18.4 Å². The first-order valence-corrected chi connectivity index (χ1v) is 8.89. The molecule has 2 N–H and O–H groups in total. The highest BCUT2D eigenvalue weighted by atomic mass is 16.5. The summed E-state index contributed by atoms with van der Waals surface area (Å²) >= 11 is 0. The van der Waals surface area contributed by atoms with Gasteiger partial charge in [-0.3, -0.25) is 20.4 Å². The first kappa shape index (κ1) is 19.2. The zero-order valence-electron chi connectivity index (χ0n) is 16.0. The molecule has 7 nitrogen and oxygen atoms in total. The maximum Gasteiger partial charge on any atom is 0.273 e. The fourth-order valence-electron chi connectivity index (χ4n) is 2.55. The van der Waals surface area contributed by atoms with E-state index in [-0.39, 0.29) is 11.8 Å². The molecule has 144 valence electrons. The molecule has 0 atom stereocenters. The molecule has 1 heterocycles. The van der Waals surface area contributed by atoms with Crippen molar-refractivity contribution in [2.75, 3.05) is 7.11 Å². The van der Waals surface area contributed by atoms with Gasteiger partial charge in [-0.05, 0) is 36.4 Å². The average Bonchev–Trinajstić information content (AvgIpc) is 3.18. The Morgan fingerprint density at radius 1 is 1.00 bits per heavy atom. The molecule has 0 aliphatic rings. The van der Waals surface area contributed by atoms with E-state index in [2.05, 4.69) is 16.0 Å². The molecule has 2 amide bonds. The van der Waals surface area contributed by atoms with Gasteiger partial charge in [0.1, 0.15) is 11.4 Å². The lowest BCUT2D eigenvalue weighted by molar-refractivity contribution is -0.124. The summed E-state index contributed by atoms with van der Waals surface area (Å²) in [4.78, 5) is 24.5. The Morgan fingerprint density at radius 3 is 2.29 bits per heavy atom. The summed E-state index contributed by atoms with van der Waals surface area (Å²) in [5, 5.41) is 4.59. The quantitative estimate of drug-likeness (QED) is 0.669. The molecule has 0 bridgehead atoms. The van der Waals surface area contributed by atoms with E-state index < -0.39 is 5.91 Å². The van der Waals surface area contributed by atoms with Crippen molar-refractivity contribution in [3.63, 3.8) is 0 Å². The van der Waals surface area contributed by atoms with E-state index in [9.17, 15) is 9.59 Å². The molecule has 0 unspecified atom stereocenters. The number of carbonyl (C=O) groups is 2. The Labute approximate surface area is 163 Å². The second-order valence-corrected chi connectivity index (χ2v) is 6.50. The smallest absolute Gasteiger partial charge is 0.273 e. The number of aromatic nitrogens is 2. The van der Waals surface area contributed by atoms with Crippen LogP contribution in [-0.2, 0) is 4.79 Å². The standard InChI is InChI=1S/C21H22N4O3/c1-14(2)20(26)22-23-21(27)18-13-25(16-7-5-4-6-8-16)24-19(18)15-9-11-17(28-3)12-10-15/h4-14H,1-3H3,(H,22,26)(H,23,27). The topological polar surface area (TPSA) is 85.2 Å². The summed E-state index contributed by atoms with van der Waals surface area (Å²) in [5.41, 5.74) is 7.32. The van der Waals surface area contributed by atoms with Gasteiger partial charge in [-0.15, -0.1) is 0 Å². The predicted molar refractivity (Wildman–Crippen MR) is 106 cm³/mol. The number of nitrogens with one attached hydrogen (secondary N) is 2. The van der Waals surface area contributed by atoms with E-state index in [1.54, 1.807) is 44.0 Å². The minimum absolute atomic E-state index is 0.242. The molecule has 0 fully saturated rings. The molecular formula is C21H22N4O3. The molecule has 0 aliphatic carbocycles. The van der Waals surface area contributed by atoms with Crippen LogP contribution in [0.2, 0.25) is 0 Å². The van der Waals surface area contributed by atoms with Crippen LogP contribution in [0.25, 0.3) is 16.9 Å². The van der Waals surface area contributed by atoms with Crippen molar-refractivity contribution < 1.29 is 14.3 Å². The number of carbonyl (C=O) groups excluding carboxylic acids is 2. The molecular weight excluding hydrogens is 356 g/mol. The minimum atomic E-state index is -0.443. The van der Waals surface area contributed by atoms with Crippen molar-refractivity contribution in [3.8, 4) is 22.7 Å². The molecule has 0 spiro atoms. The maximum atomic E-state index is 12.7. The van der Waals surface area contributed by atoms with Crippen LogP contribution in [0.1, 0.15) is 24.2 Å². The highest BCUT2D eigenvalue weighted by Crippen LogP contribution is 2.25. The van der Waals surface area contributed by atoms with E-state index >= 15 is 0 Å². The number of ether oxygens (including phenoxy) is 1. The zero-order chi connectivity index (χ0) is 20.1. The fraction of sp³-hybridized carbons (Fsp3) is 0.190. The van der Waals surface area contributed by atoms with E-state index in [4.69, 9.17) is 4.74 Å². The summed E-state index contributed by atoms with van der Waals surface area (Å²) in [6.45, 7) is 3.50. The number of amides is 2. The van der Waals surface area contributed by atoms with Crippen molar-refractivity contribution in [2.45, 2.75) is 13.8 Å². The van der Waals surface area contributed by atoms with Crippen LogP contribution < -0.4 is 15.6 Å². The molecule has 28 heavy (non-hydrogen) atoms. The summed E-state index contributed by atoms with van der Waals surface area (Å²) < 4.78 is 6.83. The molecule has 0 aliphatic heterocycles. The third kappa shape index (κ3) is 4.20. The minimum Gasteiger partial charge on any atom is -0.497 e. The van der Waals surface area contributed by atoms with Crippen molar-refractivity contribution in [2.24, 2.45) is 5.92 Å². The first-order valence-electron chi connectivity index (χ1n) is 8.89. The van der Waals surface area contributed by atoms with E-state index in [0.29, 0.717) is 17.0 Å². The van der Waals surface area contributed by atoms with Crippen molar-refractivity contribution >= 4 is 11.8 Å². The van der Waals surface area contributed by atoms with Gasteiger partial charge < -0.3 is 4.74 Å². The maximum absolute atomic E-state index is 12.7. The zero-order valence-corrected chi connectivity index (χ0v) is 16.0. The van der Waals surface area contributed by atoms with Crippen molar-refractivity contribution in [1.29, 1.82) is 0 Å². The van der Waals surface area contributed by atoms with Crippen LogP contribution in [0.3, 0.4) is 0 Å². The Hall–Kier alpha value is -3.61. The van der Waals surface area contributed by atoms with Crippen molar-refractivity contribution in [3.05, 3.63) is 66.4 Å². The van der Waals surface area contributed by atoms with Crippen molar-refractivity contribution in [1.82, 2.24) is 20.6 Å². The monoisotopic (exact) mass is 378 g/mol. The van der Waals surface area contributed by atoms with E-state index in [0.717, 1.165) is 11.3 Å². The highest BCUT2D eigenvalue weighted by molar-refractivity contribution is 6.00. The van der Waals surface area contributed by atoms with Crippen LogP contribution in [0.15, 0.2) is 60.8 Å². The molecule has 1 aromatic heterocycles.